The van der Waals surface area contributed by atoms with Crippen molar-refractivity contribution in [1.82, 2.24) is 10.2 Å². The van der Waals surface area contributed by atoms with Gasteiger partial charge in [-0.15, -0.1) is 0 Å². The summed E-state index contributed by atoms with van der Waals surface area (Å²) < 4.78 is 0. The summed E-state index contributed by atoms with van der Waals surface area (Å²) in [6, 6.07) is 2.60. The fraction of sp³-hybridized carbons (Fsp3) is 0.938. The molecule has 1 N–H and O–H groups in total. The summed E-state index contributed by atoms with van der Waals surface area (Å²) in [7, 11) is 0. The second kappa shape index (κ2) is 7.26. The minimum absolute atomic E-state index is 0.222. The average Bonchev–Trinajstić information content (AvgIpc) is 2.65. The quantitative estimate of drug-likeness (QED) is 0.829. The SMILES string of the molecule is CCNC1(C#N)CCCC1CCN1CCCCCC1. The molecule has 3 heteroatoms. The summed E-state index contributed by atoms with van der Waals surface area (Å²) in [5, 5.41) is 13.1. The van der Waals surface area contributed by atoms with Crippen LogP contribution in [0, 0.1) is 17.2 Å². The summed E-state index contributed by atoms with van der Waals surface area (Å²) >= 11 is 0. The van der Waals surface area contributed by atoms with E-state index in [9.17, 15) is 5.26 Å². The van der Waals surface area contributed by atoms with E-state index in [1.807, 2.05) is 0 Å². The van der Waals surface area contributed by atoms with Gasteiger partial charge in [0.25, 0.3) is 0 Å². The lowest BCUT2D eigenvalue weighted by Gasteiger charge is -2.31. The van der Waals surface area contributed by atoms with Crippen LogP contribution in [0.5, 0.6) is 0 Å². The highest BCUT2D eigenvalue weighted by Gasteiger charge is 2.42. The molecule has 3 nitrogen and oxygen atoms in total. The van der Waals surface area contributed by atoms with E-state index >= 15 is 0 Å². The maximum absolute atomic E-state index is 9.57. The number of nitriles is 1. The van der Waals surface area contributed by atoms with E-state index < -0.39 is 0 Å². The van der Waals surface area contributed by atoms with Gasteiger partial charge in [-0.05, 0) is 64.2 Å². The van der Waals surface area contributed by atoms with Gasteiger partial charge in [0.2, 0.25) is 0 Å². The van der Waals surface area contributed by atoms with Gasteiger partial charge in [0.15, 0.2) is 0 Å². The number of rotatable bonds is 5. The van der Waals surface area contributed by atoms with Crippen LogP contribution in [0.2, 0.25) is 0 Å². The third-order valence-corrected chi connectivity index (χ3v) is 5.00. The normalized spacial score (nSPS) is 32.9. The van der Waals surface area contributed by atoms with Gasteiger partial charge in [-0.2, -0.15) is 5.26 Å². The summed E-state index contributed by atoms with van der Waals surface area (Å²) in [6.45, 7) is 6.76. The van der Waals surface area contributed by atoms with E-state index in [1.165, 1.54) is 64.6 Å². The molecular formula is C16H29N3. The third-order valence-electron chi connectivity index (χ3n) is 5.00. The monoisotopic (exact) mass is 263 g/mol. The Morgan fingerprint density at radius 3 is 2.58 bits per heavy atom. The molecular weight excluding hydrogens is 234 g/mol. The Labute approximate surface area is 118 Å². The van der Waals surface area contributed by atoms with Crippen LogP contribution in [0.3, 0.4) is 0 Å². The Balaban J connectivity index is 1.85. The first-order chi connectivity index (χ1) is 9.30. The number of nitrogens with one attached hydrogen (secondary N) is 1. The smallest absolute Gasteiger partial charge is 0.109 e. The van der Waals surface area contributed by atoms with E-state index in [0.29, 0.717) is 5.92 Å². The molecule has 0 spiro atoms. The fourth-order valence-corrected chi connectivity index (χ4v) is 3.90. The van der Waals surface area contributed by atoms with Crippen LogP contribution in [-0.2, 0) is 0 Å². The highest BCUT2D eigenvalue weighted by molar-refractivity contribution is 5.14. The molecule has 1 saturated carbocycles. The Morgan fingerprint density at radius 2 is 1.95 bits per heavy atom. The van der Waals surface area contributed by atoms with Crippen LogP contribution in [0.15, 0.2) is 0 Å². The van der Waals surface area contributed by atoms with Crippen molar-refractivity contribution in [3.63, 3.8) is 0 Å². The Bertz CT molecular complexity index is 302. The molecule has 0 bridgehead atoms. The van der Waals surface area contributed by atoms with Crippen molar-refractivity contribution in [2.75, 3.05) is 26.2 Å². The predicted molar refractivity (Wildman–Crippen MR) is 78.9 cm³/mol. The first-order valence-electron chi connectivity index (χ1n) is 8.19. The van der Waals surface area contributed by atoms with Gasteiger partial charge >= 0.3 is 0 Å². The zero-order valence-corrected chi connectivity index (χ0v) is 12.5. The largest absolute Gasteiger partial charge is 0.303 e. The summed E-state index contributed by atoms with van der Waals surface area (Å²) in [5.74, 6) is 0.556. The summed E-state index contributed by atoms with van der Waals surface area (Å²) in [6.07, 6.45) is 10.2. The zero-order chi connectivity index (χ0) is 13.6. The molecule has 2 fully saturated rings. The molecule has 1 heterocycles. The minimum atomic E-state index is -0.222. The molecule has 0 amide bonds. The molecule has 0 radical (unpaired) electrons. The average molecular weight is 263 g/mol. The van der Waals surface area contributed by atoms with E-state index in [2.05, 4.69) is 23.2 Å². The van der Waals surface area contributed by atoms with Crippen molar-refractivity contribution in [3.8, 4) is 6.07 Å². The van der Waals surface area contributed by atoms with Gasteiger partial charge in [0.1, 0.15) is 5.54 Å². The summed E-state index contributed by atoms with van der Waals surface area (Å²) in [5.41, 5.74) is -0.222. The van der Waals surface area contributed by atoms with Gasteiger partial charge in [0, 0.05) is 0 Å². The molecule has 1 saturated heterocycles. The van der Waals surface area contributed by atoms with Crippen molar-refractivity contribution < 1.29 is 0 Å². The van der Waals surface area contributed by atoms with Gasteiger partial charge < -0.3 is 4.90 Å². The van der Waals surface area contributed by atoms with E-state index in [0.717, 1.165) is 13.0 Å². The van der Waals surface area contributed by atoms with E-state index in [4.69, 9.17) is 0 Å². The molecule has 19 heavy (non-hydrogen) atoms. The number of nitrogens with zero attached hydrogens (tertiary/aromatic N) is 2. The molecule has 2 aliphatic rings. The molecule has 1 aliphatic heterocycles. The van der Waals surface area contributed by atoms with Crippen LogP contribution >= 0.6 is 0 Å². The Hall–Kier alpha value is -0.590. The molecule has 2 unspecified atom stereocenters. The first kappa shape index (κ1) is 14.8. The molecule has 0 aromatic rings. The van der Waals surface area contributed by atoms with E-state index in [1.54, 1.807) is 0 Å². The molecule has 0 aromatic heterocycles. The van der Waals surface area contributed by atoms with Crippen LogP contribution in [0.1, 0.15) is 58.3 Å². The van der Waals surface area contributed by atoms with Crippen molar-refractivity contribution in [3.05, 3.63) is 0 Å². The Kier molecular flexibility index (Phi) is 5.66. The molecule has 2 rings (SSSR count). The number of hydrogen-bond donors (Lipinski definition) is 1. The molecule has 1 aliphatic carbocycles. The van der Waals surface area contributed by atoms with Gasteiger partial charge in [-0.1, -0.05) is 26.2 Å². The van der Waals surface area contributed by atoms with Crippen LogP contribution < -0.4 is 5.32 Å². The lowest BCUT2D eigenvalue weighted by Crippen LogP contribution is -2.47. The van der Waals surface area contributed by atoms with Crippen molar-refractivity contribution in [2.24, 2.45) is 5.92 Å². The maximum atomic E-state index is 9.57. The van der Waals surface area contributed by atoms with Crippen molar-refractivity contribution >= 4 is 0 Å². The number of hydrogen-bond acceptors (Lipinski definition) is 3. The van der Waals surface area contributed by atoms with Crippen molar-refractivity contribution in [2.45, 2.75) is 63.8 Å². The van der Waals surface area contributed by atoms with Crippen LogP contribution in [-0.4, -0.2) is 36.6 Å². The van der Waals surface area contributed by atoms with Crippen LogP contribution in [0.25, 0.3) is 0 Å². The van der Waals surface area contributed by atoms with Gasteiger partial charge in [-0.25, -0.2) is 0 Å². The molecule has 2 atom stereocenters. The second-order valence-corrected chi connectivity index (χ2v) is 6.25. The first-order valence-corrected chi connectivity index (χ1v) is 8.19. The topological polar surface area (TPSA) is 39.1 Å². The molecule has 108 valence electrons. The lowest BCUT2D eigenvalue weighted by atomic mass is 9.85. The third kappa shape index (κ3) is 3.70. The second-order valence-electron chi connectivity index (χ2n) is 6.25. The predicted octanol–water partition coefficient (Wildman–Crippen LogP) is 2.92. The lowest BCUT2D eigenvalue weighted by molar-refractivity contribution is 0.229. The number of likely N-dealkylation sites (tertiary alicyclic amines) is 1. The van der Waals surface area contributed by atoms with Gasteiger partial charge in [-0.3, -0.25) is 5.32 Å². The molecule has 0 aromatic carbocycles. The fourth-order valence-electron chi connectivity index (χ4n) is 3.90. The summed E-state index contributed by atoms with van der Waals surface area (Å²) in [4.78, 5) is 2.62. The van der Waals surface area contributed by atoms with Gasteiger partial charge in [0.05, 0.1) is 6.07 Å². The highest BCUT2D eigenvalue weighted by Crippen LogP contribution is 2.37. The maximum Gasteiger partial charge on any atom is 0.109 e. The Morgan fingerprint density at radius 1 is 1.21 bits per heavy atom. The highest BCUT2D eigenvalue weighted by atomic mass is 15.1. The minimum Gasteiger partial charge on any atom is -0.303 e. The standard InChI is InChI=1S/C16H29N3/c1-2-18-16(14-17)10-7-8-15(16)9-13-19-11-5-3-4-6-12-19/h15,18H,2-13H2,1H3. The zero-order valence-electron chi connectivity index (χ0n) is 12.5. The van der Waals surface area contributed by atoms with E-state index in [-0.39, 0.29) is 5.54 Å². The van der Waals surface area contributed by atoms with Crippen molar-refractivity contribution in [1.29, 1.82) is 5.26 Å². The van der Waals surface area contributed by atoms with Crippen LogP contribution in [0.4, 0.5) is 0 Å².